The molecule has 0 aromatic heterocycles. The highest BCUT2D eigenvalue weighted by Gasteiger charge is 2.12. The van der Waals surface area contributed by atoms with Crippen molar-refractivity contribution >= 4 is 17.0 Å². The van der Waals surface area contributed by atoms with Crippen LogP contribution in [0.15, 0.2) is 54.6 Å². The molecular formula is C16H13N3O2. The highest BCUT2D eigenvalue weighted by atomic mass is 16.6. The Bertz CT molecular complexity index is 713. The van der Waals surface area contributed by atoms with Gasteiger partial charge in [0.05, 0.1) is 16.2 Å². The zero-order valence-electron chi connectivity index (χ0n) is 11.4. The van der Waals surface area contributed by atoms with Crippen molar-refractivity contribution in [1.29, 1.82) is 5.26 Å². The molecule has 0 amide bonds. The third kappa shape index (κ3) is 3.07. The number of allylic oxidation sites excluding steroid dienone is 1. The minimum Gasteiger partial charge on any atom is -0.387 e. The quantitative estimate of drug-likeness (QED) is 0.403. The maximum Gasteiger partial charge on any atom is 0.269 e. The van der Waals surface area contributed by atoms with Crippen LogP contribution in [0.3, 0.4) is 0 Å². The van der Waals surface area contributed by atoms with E-state index in [9.17, 15) is 15.4 Å². The Morgan fingerprint density at radius 2 is 1.71 bits per heavy atom. The number of nitrogens with one attached hydrogen (secondary N) is 1. The van der Waals surface area contributed by atoms with E-state index in [1.54, 1.807) is 19.2 Å². The SMILES string of the molecule is CNC(=C(C#N)c1ccc([N+](=O)[O-])cc1)c1ccccc1. The van der Waals surface area contributed by atoms with Gasteiger partial charge in [-0.2, -0.15) is 5.26 Å². The van der Waals surface area contributed by atoms with Gasteiger partial charge < -0.3 is 5.32 Å². The van der Waals surface area contributed by atoms with Crippen molar-refractivity contribution in [2.75, 3.05) is 7.05 Å². The summed E-state index contributed by atoms with van der Waals surface area (Å²) in [6.45, 7) is 0. The number of hydrogen-bond donors (Lipinski definition) is 1. The number of nitrogens with zero attached hydrogens (tertiary/aromatic N) is 2. The Hall–Kier alpha value is -3.13. The van der Waals surface area contributed by atoms with E-state index >= 15 is 0 Å². The van der Waals surface area contributed by atoms with Crippen LogP contribution >= 0.6 is 0 Å². The van der Waals surface area contributed by atoms with Crippen LogP contribution in [-0.4, -0.2) is 12.0 Å². The minimum absolute atomic E-state index is 0.00163. The molecule has 0 saturated heterocycles. The van der Waals surface area contributed by atoms with E-state index in [-0.39, 0.29) is 5.69 Å². The van der Waals surface area contributed by atoms with E-state index in [1.807, 2.05) is 30.3 Å². The van der Waals surface area contributed by atoms with E-state index in [0.717, 1.165) is 5.56 Å². The molecule has 2 aromatic carbocycles. The lowest BCUT2D eigenvalue weighted by atomic mass is 10.0. The van der Waals surface area contributed by atoms with Gasteiger partial charge in [-0.25, -0.2) is 0 Å². The summed E-state index contributed by atoms with van der Waals surface area (Å²) in [7, 11) is 1.74. The molecule has 104 valence electrons. The number of benzene rings is 2. The zero-order chi connectivity index (χ0) is 15.2. The molecule has 0 heterocycles. The predicted molar refractivity (Wildman–Crippen MR) is 81.0 cm³/mol. The number of nitriles is 1. The smallest absolute Gasteiger partial charge is 0.269 e. The van der Waals surface area contributed by atoms with Crippen LogP contribution in [0.4, 0.5) is 5.69 Å². The molecule has 2 rings (SSSR count). The first kappa shape index (κ1) is 14.3. The van der Waals surface area contributed by atoms with Crippen molar-refractivity contribution < 1.29 is 4.92 Å². The molecule has 0 atom stereocenters. The van der Waals surface area contributed by atoms with Crippen molar-refractivity contribution in [3.63, 3.8) is 0 Å². The maximum atomic E-state index is 10.7. The molecule has 0 unspecified atom stereocenters. The molecule has 0 fully saturated rings. The lowest BCUT2D eigenvalue weighted by Crippen LogP contribution is -2.07. The fourth-order valence-electron chi connectivity index (χ4n) is 2.03. The molecule has 0 bridgehead atoms. The zero-order valence-corrected chi connectivity index (χ0v) is 11.4. The van der Waals surface area contributed by atoms with Crippen molar-refractivity contribution in [3.8, 4) is 6.07 Å². The summed E-state index contributed by atoms with van der Waals surface area (Å²) in [5.41, 5.74) is 2.65. The lowest BCUT2D eigenvalue weighted by molar-refractivity contribution is -0.384. The fraction of sp³-hybridized carbons (Fsp3) is 0.0625. The van der Waals surface area contributed by atoms with Gasteiger partial charge in [-0.1, -0.05) is 30.3 Å². The van der Waals surface area contributed by atoms with Crippen LogP contribution < -0.4 is 5.32 Å². The van der Waals surface area contributed by atoms with Crippen LogP contribution in [0.25, 0.3) is 11.3 Å². The molecule has 1 N–H and O–H groups in total. The third-order valence-electron chi connectivity index (χ3n) is 3.04. The van der Waals surface area contributed by atoms with Gasteiger partial charge in [0.2, 0.25) is 0 Å². The topological polar surface area (TPSA) is 79.0 Å². The van der Waals surface area contributed by atoms with E-state index < -0.39 is 4.92 Å². The highest BCUT2D eigenvalue weighted by Crippen LogP contribution is 2.25. The Balaban J connectivity index is 2.53. The number of nitro benzene ring substituents is 1. The first-order valence-electron chi connectivity index (χ1n) is 6.29. The van der Waals surface area contributed by atoms with E-state index in [2.05, 4.69) is 11.4 Å². The minimum atomic E-state index is -0.463. The third-order valence-corrected chi connectivity index (χ3v) is 3.04. The Labute approximate surface area is 122 Å². The summed E-state index contributed by atoms with van der Waals surface area (Å²) in [5, 5.41) is 23.1. The average molecular weight is 279 g/mol. The van der Waals surface area contributed by atoms with E-state index in [1.165, 1.54) is 12.1 Å². The number of rotatable bonds is 4. The maximum absolute atomic E-state index is 10.7. The van der Waals surface area contributed by atoms with Gasteiger partial charge in [-0.3, -0.25) is 10.1 Å². The predicted octanol–water partition coefficient (Wildman–Crippen LogP) is 3.21. The summed E-state index contributed by atoms with van der Waals surface area (Å²) in [5.74, 6) is 0. The first-order valence-corrected chi connectivity index (χ1v) is 6.29. The van der Waals surface area contributed by atoms with Gasteiger partial charge >= 0.3 is 0 Å². The van der Waals surface area contributed by atoms with Crippen molar-refractivity contribution in [1.82, 2.24) is 5.32 Å². The molecular weight excluding hydrogens is 266 g/mol. The lowest BCUT2D eigenvalue weighted by Gasteiger charge is -2.10. The van der Waals surface area contributed by atoms with Gasteiger partial charge in [0.1, 0.15) is 6.07 Å². The van der Waals surface area contributed by atoms with Gasteiger partial charge in [0.25, 0.3) is 5.69 Å². The number of hydrogen-bond acceptors (Lipinski definition) is 4. The van der Waals surface area contributed by atoms with Crippen LogP contribution in [0, 0.1) is 21.4 Å². The first-order chi connectivity index (χ1) is 10.2. The largest absolute Gasteiger partial charge is 0.387 e. The number of non-ortho nitro benzene ring substituents is 1. The Morgan fingerprint density at radius 3 is 2.19 bits per heavy atom. The second-order valence-electron chi connectivity index (χ2n) is 4.28. The van der Waals surface area contributed by atoms with Crippen molar-refractivity contribution in [3.05, 3.63) is 75.8 Å². The molecule has 0 spiro atoms. The average Bonchev–Trinajstić information content (AvgIpc) is 2.53. The van der Waals surface area contributed by atoms with E-state index in [4.69, 9.17) is 0 Å². The van der Waals surface area contributed by atoms with Crippen molar-refractivity contribution in [2.45, 2.75) is 0 Å². The monoisotopic (exact) mass is 279 g/mol. The molecule has 0 saturated carbocycles. The second-order valence-corrected chi connectivity index (χ2v) is 4.28. The van der Waals surface area contributed by atoms with Crippen LogP contribution in [0.2, 0.25) is 0 Å². The molecule has 0 aliphatic carbocycles. The van der Waals surface area contributed by atoms with Crippen LogP contribution in [-0.2, 0) is 0 Å². The normalized spacial score (nSPS) is 11.2. The fourth-order valence-corrected chi connectivity index (χ4v) is 2.03. The molecule has 5 heteroatoms. The van der Waals surface area contributed by atoms with E-state index in [0.29, 0.717) is 16.8 Å². The number of nitro groups is 1. The summed E-state index contributed by atoms with van der Waals surface area (Å²) >= 11 is 0. The summed E-state index contributed by atoms with van der Waals surface area (Å²) in [6, 6.07) is 17.6. The van der Waals surface area contributed by atoms with Gasteiger partial charge in [0, 0.05) is 19.2 Å². The van der Waals surface area contributed by atoms with Gasteiger partial charge in [-0.05, 0) is 23.3 Å². The highest BCUT2D eigenvalue weighted by molar-refractivity contribution is 5.96. The molecule has 0 radical (unpaired) electrons. The van der Waals surface area contributed by atoms with Crippen molar-refractivity contribution in [2.24, 2.45) is 0 Å². The van der Waals surface area contributed by atoms with Gasteiger partial charge in [0.15, 0.2) is 0 Å². The Kier molecular flexibility index (Phi) is 4.32. The summed E-state index contributed by atoms with van der Waals surface area (Å²) in [4.78, 5) is 10.2. The molecule has 21 heavy (non-hydrogen) atoms. The molecule has 0 aliphatic rings. The Morgan fingerprint density at radius 1 is 1.10 bits per heavy atom. The van der Waals surface area contributed by atoms with Crippen LogP contribution in [0.5, 0.6) is 0 Å². The van der Waals surface area contributed by atoms with Crippen LogP contribution in [0.1, 0.15) is 11.1 Å². The van der Waals surface area contributed by atoms with Gasteiger partial charge in [-0.15, -0.1) is 0 Å². The second kappa shape index (κ2) is 6.35. The standard InChI is InChI=1S/C16H13N3O2/c1-18-16(13-5-3-2-4-6-13)15(11-17)12-7-9-14(10-8-12)19(20)21/h2-10,18H,1H3. The summed E-state index contributed by atoms with van der Waals surface area (Å²) in [6.07, 6.45) is 0. The molecule has 0 aliphatic heterocycles. The molecule has 2 aromatic rings. The molecule has 5 nitrogen and oxygen atoms in total. The summed E-state index contributed by atoms with van der Waals surface area (Å²) < 4.78 is 0.